The minimum atomic E-state index is -0.0500. The average molecular weight is 327 g/mol. The second kappa shape index (κ2) is 5.73. The fourth-order valence-corrected chi connectivity index (χ4v) is 4.87. The predicted molar refractivity (Wildman–Crippen MR) is 94.7 cm³/mol. The minimum absolute atomic E-state index is 0.0500. The highest BCUT2D eigenvalue weighted by atomic mass is 32.1. The fourth-order valence-electron chi connectivity index (χ4n) is 3.95. The Kier molecular flexibility index (Phi) is 3.70. The van der Waals surface area contributed by atoms with Gasteiger partial charge in [-0.25, -0.2) is 0 Å². The van der Waals surface area contributed by atoms with E-state index in [1.165, 1.54) is 25.9 Å². The maximum absolute atomic E-state index is 12.6. The first-order chi connectivity index (χ1) is 11.2. The van der Waals surface area contributed by atoms with Crippen molar-refractivity contribution in [3.63, 3.8) is 0 Å². The maximum Gasteiger partial charge on any atom is 0.270 e. The van der Waals surface area contributed by atoms with Crippen LogP contribution in [0.3, 0.4) is 0 Å². The molecule has 5 heterocycles. The van der Waals surface area contributed by atoms with E-state index < -0.39 is 0 Å². The van der Waals surface area contributed by atoms with Crippen molar-refractivity contribution in [2.45, 2.75) is 31.8 Å². The van der Waals surface area contributed by atoms with Gasteiger partial charge in [0.05, 0.1) is 0 Å². The molecular weight excluding hydrogens is 306 g/mol. The third kappa shape index (κ3) is 2.58. The van der Waals surface area contributed by atoms with Gasteiger partial charge in [0.2, 0.25) is 0 Å². The van der Waals surface area contributed by atoms with Gasteiger partial charge in [-0.1, -0.05) is 12.7 Å². The molecule has 3 aliphatic rings. The molecule has 23 heavy (non-hydrogen) atoms. The number of pyridine rings is 1. The number of nitrogens with one attached hydrogen (secondary N) is 1. The molecule has 1 amide bonds. The lowest BCUT2D eigenvalue weighted by atomic mass is 9.79. The highest BCUT2D eigenvalue weighted by Crippen LogP contribution is 2.32. The second-order valence-electron chi connectivity index (χ2n) is 6.57. The molecule has 0 spiro atoms. The normalized spacial score (nSPS) is 29.6. The van der Waals surface area contributed by atoms with E-state index in [-0.39, 0.29) is 11.9 Å². The van der Waals surface area contributed by atoms with E-state index in [0.717, 1.165) is 15.0 Å². The van der Waals surface area contributed by atoms with Crippen molar-refractivity contribution in [1.29, 1.82) is 0 Å². The summed E-state index contributed by atoms with van der Waals surface area (Å²) in [6.45, 7) is 8.36. The third-order valence-corrected chi connectivity index (χ3v) is 6.42. The van der Waals surface area contributed by atoms with Gasteiger partial charge in [0.1, 0.15) is 5.69 Å². The Morgan fingerprint density at radius 2 is 2.22 bits per heavy atom. The molecular formula is C18H21N3OS. The molecule has 0 saturated carbocycles. The first-order valence-electron chi connectivity index (χ1n) is 8.22. The number of aromatic nitrogens is 1. The van der Waals surface area contributed by atoms with Crippen LogP contribution in [-0.4, -0.2) is 41.0 Å². The minimum Gasteiger partial charge on any atom is -0.346 e. The molecule has 5 rings (SSSR count). The summed E-state index contributed by atoms with van der Waals surface area (Å²) >= 11 is 1.64. The number of carbonyl (C=O) groups is 1. The number of carbonyl (C=O) groups excluding carboxylic acids is 1. The molecule has 3 saturated heterocycles. The van der Waals surface area contributed by atoms with Crippen LogP contribution in [0, 0.1) is 5.92 Å². The van der Waals surface area contributed by atoms with E-state index in [1.807, 2.05) is 12.1 Å². The van der Waals surface area contributed by atoms with E-state index in [9.17, 15) is 4.79 Å². The summed E-state index contributed by atoms with van der Waals surface area (Å²) in [4.78, 5) is 20.6. The molecule has 1 N–H and O–H groups in total. The lowest BCUT2D eigenvalue weighted by molar-refractivity contribution is 0.0216. The van der Waals surface area contributed by atoms with E-state index in [1.54, 1.807) is 17.5 Å². The summed E-state index contributed by atoms with van der Waals surface area (Å²) in [5.41, 5.74) is 0.513. The van der Waals surface area contributed by atoms with Crippen LogP contribution in [0.1, 0.15) is 35.1 Å². The topological polar surface area (TPSA) is 45.2 Å². The van der Waals surface area contributed by atoms with Gasteiger partial charge in [0.25, 0.3) is 5.91 Å². The van der Waals surface area contributed by atoms with E-state index >= 15 is 0 Å². The zero-order valence-electron chi connectivity index (χ0n) is 13.3. The largest absolute Gasteiger partial charge is 0.346 e. The van der Waals surface area contributed by atoms with Crippen molar-refractivity contribution in [3.8, 4) is 0 Å². The van der Waals surface area contributed by atoms with Gasteiger partial charge >= 0.3 is 0 Å². The average Bonchev–Trinajstić information content (AvgIpc) is 3.00. The molecule has 120 valence electrons. The predicted octanol–water partition coefficient (Wildman–Crippen LogP) is 3.15. The first-order valence-corrected chi connectivity index (χ1v) is 9.04. The van der Waals surface area contributed by atoms with E-state index in [2.05, 4.69) is 34.8 Å². The quantitative estimate of drug-likeness (QED) is 0.942. The van der Waals surface area contributed by atoms with Crippen molar-refractivity contribution in [1.82, 2.24) is 15.2 Å². The van der Waals surface area contributed by atoms with Crippen LogP contribution >= 0.6 is 11.3 Å². The number of fused-ring (bicyclic) bond motifs is 4. The molecule has 0 aliphatic carbocycles. The highest BCUT2D eigenvalue weighted by Gasteiger charge is 2.40. The summed E-state index contributed by atoms with van der Waals surface area (Å²) < 4.78 is 1.09. The standard InChI is InChI=1S/C18H21N3OS/c1-3-14-8-13-10-19-15(9-16(13)23-14)18(22)20-17-11(2)21-6-4-12(17)5-7-21/h3,8-12,17H,1,4-7H2,2H3,(H,20,22). The smallest absolute Gasteiger partial charge is 0.270 e. The van der Waals surface area contributed by atoms with Gasteiger partial charge in [-0.2, -0.15) is 0 Å². The summed E-state index contributed by atoms with van der Waals surface area (Å²) in [6.07, 6.45) is 6.00. The Bertz CT molecular complexity index is 759. The van der Waals surface area contributed by atoms with Crippen molar-refractivity contribution < 1.29 is 4.79 Å². The number of amides is 1. The molecule has 3 fully saturated rings. The number of thiophene rings is 1. The van der Waals surface area contributed by atoms with Crippen LogP contribution in [0.2, 0.25) is 0 Å². The van der Waals surface area contributed by atoms with Gasteiger partial charge in [-0.3, -0.25) is 14.7 Å². The molecule has 4 nitrogen and oxygen atoms in total. The molecule has 0 aromatic carbocycles. The van der Waals surface area contributed by atoms with Crippen LogP contribution in [-0.2, 0) is 0 Å². The molecule has 2 aromatic rings. The summed E-state index contributed by atoms with van der Waals surface area (Å²) in [5.74, 6) is 0.558. The second-order valence-corrected chi connectivity index (χ2v) is 7.69. The van der Waals surface area contributed by atoms with Crippen molar-refractivity contribution in [2.24, 2.45) is 5.92 Å². The molecule has 2 bridgehead atoms. The van der Waals surface area contributed by atoms with Crippen LogP contribution in [0.5, 0.6) is 0 Å². The summed E-state index contributed by atoms with van der Waals surface area (Å²) in [7, 11) is 0. The lowest BCUT2D eigenvalue weighted by Gasteiger charge is -2.49. The van der Waals surface area contributed by atoms with Gasteiger partial charge in [-0.05, 0) is 50.9 Å². The van der Waals surface area contributed by atoms with Crippen molar-refractivity contribution in [3.05, 3.63) is 35.5 Å². The van der Waals surface area contributed by atoms with Crippen molar-refractivity contribution in [2.75, 3.05) is 13.1 Å². The van der Waals surface area contributed by atoms with E-state index in [0.29, 0.717) is 17.7 Å². The van der Waals surface area contributed by atoms with Crippen molar-refractivity contribution >= 4 is 33.4 Å². The van der Waals surface area contributed by atoms with Gasteiger partial charge < -0.3 is 5.32 Å². The van der Waals surface area contributed by atoms with E-state index in [4.69, 9.17) is 0 Å². The van der Waals surface area contributed by atoms with Crippen LogP contribution in [0.4, 0.5) is 0 Å². The number of nitrogens with zero attached hydrogens (tertiary/aromatic N) is 2. The van der Waals surface area contributed by atoms with Crippen LogP contribution in [0.25, 0.3) is 16.2 Å². The Balaban J connectivity index is 1.55. The highest BCUT2D eigenvalue weighted by molar-refractivity contribution is 7.19. The maximum atomic E-state index is 12.6. The Labute approximate surface area is 140 Å². The zero-order valence-corrected chi connectivity index (χ0v) is 14.1. The number of hydrogen-bond donors (Lipinski definition) is 1. The third-order valence-electron chi connectivity index (χ3n) is 5.33. The number of rotatable bonds is 3. The fraction of sp³-hybridized carbons (Fsp3) is 0.444. The summed E-state index contributed by atoms with van der Waals surface area (Å²) in [6, 6.07) is 4.62. The Morgan fingerprint density at radius 3 is 2.91 bits per heavy atom. The first kappa shape index (κ1) is 14.8. The molecule has 5 heteroatoms. The summed E-state index contributed by atoms with van der Waals surface area (Å²) in [5, 5.41) is 4.31. The number of hydrogen-bond acceptors (Lipinski definition) is 4. The molecule has 2 unspecified atom stereocenters. The lowest BCUT2D eigenvalue weighted by Crippen LogP contribution is -2.62. The monoisotopic (exact) mass is 327 g/mol. The van der Waals surface area contributed by atoms with Crippen LogP contribution in [0.15, 0.2) is 24.9 Å². The van der Waals surface area contributed by atoms with Crippen LogP contribution < -0.4 is 5.32 Å². The van der Waals surface area contributed by atoms with Gasteiger partial charge in [0.15, 0.2) is 0 Å². The SMILES string of the molecule is C=Cc1cc2cnc(C(=O)NC3C4CCN(CC4)C3C)cc2s1. The Morgan fingerprint density at radius 1 is 1.43 bits per heavy atom. The van der Waals surface area contributed by atoms with Gasteiger partial charge in [0, 0.05) is 33.2 Å². The molecule has 0 radical (unpaired) electrons. The molecule has 2 aromatic heterocycles. The zero-order chi connectivity index (χ0) is 16.0. The van der Waals surface area contributed by atoms with Gasteiger partial charge in [-0.15, -0.1) is 11.3 Å². The number of piperidine rings is 3. The molecule has 3 aliphatic heterocycles. The molecule has 2 atom stereocenters. The Hall–Kier alpha value is -1.72.